The summed E-state index contributed by atoms with van der Waals surface area (Å²) in [6, 6.07) is 12.9. The second-order valence-electron chi connectivity index (χ2n) is 7.21. The van der Waals surface area contributed by atoms with Crippen LogP contribution in [-0.2, 0) is 11.2 Å². The highest BCUT2D eigenvalue weighted by Gasteiger charge is 2.23. The number of hydrogen-bond acceptors (Lipinski definition) is 5. The van der Waals surface area contributed by atoms with Gasteiger partial charge >= 0.3 is 5.97 Å². The third kappa shape index (κ3) is 5.41. The van der Waals surface area contributed by atoms with Crippen molar-refractivity contribution in [2.75, 3.05) is 40.5 Å². The van der Waals surface area contributed by atoms with Gasteiger partial charge in [0.15, 0.2) is 11.5 Å². The second kappa shape index (κ2) is 10.2. The lowest BCUT2D eigenvalue weighted by atomic mass is 9.91. The molecule has 1 aliphatic rings. The molecule has 0 aromatic heterocycles. The summed E-state index contributed by atoms with van der Waals surface area (Å²) in [5.41, 5.74) is 1.55. The molecule has 6 heteroatoms. The van der Waals surface area contributed by atoms with Gasteiger partial charge in [0.25, 0.3) is 0 Å². The van der Waals surface area contributed by atoms with Gasteiger partial charge in [0.2, 0.25) is 0 Å². The molecule has 1 fully saturated rings. The number of rotatable bonds is 10. The molecule has 1 heterocycles. The van der Waals surface area contributed by atoms with Gasteiger partial charge in [-0.15, -0.1) is 0 Å². The molecule has 1 saturated heterocycles. The van der Waals surface area contributed by atoms with E-state index < -0.39 is 11.9 Å². The van der Waals surface area contributed by atoms with Gasteiger partial charge < -0.3 is 19.3 Å². The van der Waals surface area contributed by atoms with Crippen molar-refractivity contribution in [3.8, 4) is 17.2 Å². The van der Waals surface area contributed by atoms with E-state index in [-0.39, 0.29) is 0 Å². The number of methoxy groups -OCH3 is 2. The van der Waals surface area contributed by atoms with Crippen LogP contribution in [0.5, 0.6) is 17.2 Å². The number of benzene rings is 2. The highest BCUT2D eigenvalue weighted by molar-refractivity contribution is 5.77. The van der Waals surface area contributed by atoms with Gasteiger partial charge in [-0.05, 0) is 61.7 Å². The minimum absolute atomic E-state index is 0.338. The molecule has 3 rings (SSSR count). The predicted octanol–water partition coefficient (Wildman–Crippen LogP) is 3.59. The van der Waals surface area contributed by atoms with Crippen LogP contribution in [0.15, 0.2) is 42.5 Å². The zero-order chi connectivity index (χ0) is 20.6. The van der Waals surface area contributed by atoms with Crippen LogP contribution in [0.2, 0.25) is 0 Å². The van der Waals surface area contributed by atoms with Gasteiger partial charge in [0.1, 0.15) is 12.4 Å². The molecule has 0 aliphatic carbocycles. The van der Waals surface area contributed by atoms with Gasteiger partial charge in [-0.25, -0.2) is 0 Å². The fraction of sp³-hybridized carbons (Fsp3) is 0.435. The van der Waals surface area contributed by atoms with Crippen molar-refractivity contribution in [1.82, 2.24) is 4.90 Å². The molecule has 0 radical (unpaired) electrons. The average Bonchev–Trinajstić information content (AvgIpc) is 3.25. The zero-order valence-electron chi connectivity index (χ0n) is 17.1. The van der Waals surface area contributed by atoms with E-state index in [0.29, 0.717) is 30.1 Å². The van der Waals surface area contributed by atoms with Gasteiger partial charge in [-0.2, -0.15) is 0 Å². The molecule has 29 heavy (non-hydrogen) atoms. The zero-order valence-corrected chi connectivity index (χ0v) is 17.1. The fourth-order valence-corrected chi connectivity index (χ4v) is 3.74. The Morgan fingerprint density at radius 2 is 1.76 bits per heavy atom. The largest absolute Gasteiger partial charge is 0.493 e. The van der Waals surface area contributed by atoms with Crippen LogP contribution in [0, 0.1) is 0 Å². The maximum atomic E-state index is 12.0. The smallest absolute Gasteiger partial charge is 0.311 e. The lowest BCUT2D eigenvalue weighted by Crippen LogP contribution is -2.25. The van der Waals surface area contributed by atoms with Crippen molar-refractivity contribution in [3.63, 3.8) is 0 Å². The summed E-state index contributed by atoms with van der Waals surface area (Å²) >= 11 is 0. The van der Waals surface area contributed by atoms with E-state index >= 15 is 0 Å². The molecular formula is C23H29NO5. The molecule has 6 nitrogen and oxygen atoms in total. The lowest BCUT2D eigenvalue weighted by molar-refractivity contribution is -0.138. The molecule has 1 atom stereocenters. The third-order valence-corrected chi connectivity index (χ3v) is 5.37. The highest BCUT2D eigenvalue weighted by atomic mass is 16.5. The first-order chi connectivity index (χ1) is 14.1. The molecule has 0 amide bonds. The Morgan fingerprint density at radius 1 is 1.03 bits per heavy atom. The van der Waals surface area contributed by atoms with E-state index in [1.54, 1.807) is 32.4 Å². The predicted molar refractivity (Wildman–Crippen MR) is 111 cm³/mol. The summed E-state index contributed by atoms with van der Waals surface area (Å²) < 4.78 is 16.6. The van der Waals surface area contributed by atoms with Gasteiger partial charge in [-0.3, -0.25) is 9.69 Å². The molecule has 0 spiro atoms. The Labute approximate surface area is 172 Å². The number of ether oxygens (including phenoxy) is 3. The normalized spacial score (nSPS) is 15.1. The van der Waals surface area contributed by atoms with Crippen LogP contribution in [0.4, 0.5) is 0 Å². The molecule has 156 valence electrons. The minimum atomic E-state index is -0.885. The molecular weight excluding hydrogens is 370 g/mol. The van der Waals surface area contributed by atoms with Crippen molar-refractivity contribution in [2.45, 2.75) is 25.2 Å². The van der Waals surface area contributed by atoms with Crippen molar-refractivity contribution < 1.29 is 24.1 Å². The van der Waals surface area contributed by atoms with E-state index in [1.165, 1.54) is 12.8 Å². The summed E-state index contributed by atoms with van der Waals surface area (Å²) in [7, 11) is 3.10. The Morgan fingerprint density at radius 3 is 2.45 bits per heavy atom. The van der Waals surface area contributed by atoms with E-state index in [9.17, 15) is 9.90 Å². The van der Waals surface area contributed by atoms with Gasteiger partial charge in [0, 0.05) is 6.54 Å². The van der Waals surface area contributed by atoms with Crippen molar-refractivity contribution in [3.05, 3.63) is 53.6 Å². The third-order valence-electron chi connectivity index (χ3n) is 5.37. The highest BCUT2D eigenvalue weighted by Crippen LogP contribution is 2.33. The van der Waals surface area contributed by atoms with Crippen LogP contribution in [0.1, 0.15) is 29.9 Å². The molecule has 1 aliphatic heterocycles. The number of aliphatic carboxylic acids is 1. The maximum absolute atomic E-state index is 12.0. The van der Waals surface area contributed by atoms with Gasteiger partial charge in [0.05, 0.1) is 20.1 Å². The first-order valence-electron chi connectivity index (χ1n) is 10.00. The number of hydrogen-bond donors (Lipinski definition) is 1. The summed E-state index contributed by atoms with van der Waals surface area (Å²) in [5.74, 6) is 0.248. The number of carboxylic acid groups (broad SMARTS) is 1. The van der Waals surface area contributed by atoms with Crippen LogP contribution in [0.3, 0.4) is 0 Å². The van der Waals surface area contributed by atoms with Crippen LogP contribution in [0.25, 0.3) is 0 Å². The maximum Gasteiger partial charge on any atom is 0.311 e. The van der Waals surface area contributed by atoms with Crippen LogP contribution >= 0.6 is 0 Å². The number of carboxylic acids is 1. The van der Waals surface area contributed by atoms with E-state index in [0.717, 1.165) is 30.9 Å². The summed E-state index contributed by atoms with van der Waals surface area (Å²) in [5, 5.41) is 9.87. The number of likely N-dealkylation sites (tertiary alicyclic amines) is 1. The van der Waals surface area contributed by atoms with Crippen molar-refractivity contribution in [1.29, 1.82) is 0 Å². The quantitative estimate of drug-likeness (QED) is 0.659. The summed E-state index contributed by atoms with van der Waals surface area (Å²) in [6.07, 6.45) is 2.84. The van der Waals surface area contributed by atoms with Crippen molar-refractivity contribution >= 4 is 5.97 Å². The number of para-hydroxylation sites is 1. The monoisotopic (exact) mass is 399 g/mol. The Bertz CT molecular complexity index is 817. The molecule has 0 bridgehead atoms. The van der Waals surface area contributed by atoms with E-state index in [1.807, 2.05) is 24.3 Å². The first kappa shape index (κ1) is 21.0. The standard InChI is InChI=1S/C23H29NO5/c1-27-21-10-9-17(16-22(21)28-2)19(23(25)26)15-18-7-3-4-8-20(18)29-14-13-24-11-5-6-12-24/h3-4,7-10,16,19H,5-6,11-15H2,1-2H3,(H,25,26). The van der Waals surface area contributed by atoms with Crippen LogP contribution in [-0.4, -0.2) is 56.4 Å². The topological polar surface area (TPSA) is 68.2 Å². The SMILES string of the molecule is COc1ccc(C(Cc2ccccc2OCCN2CCCC2)C(=O)O)cc1OC. The molecule has 2 aromatic carbocycles. The van der Waals surface area contributed by atoms with Crippen LogP contribution < -0.4 is 14.2 Å². The Balaban J connectivity index is 1.74. The summed E-state index contributed by atoms with van der Waals surface area (Å²) in [6.45, 7) is 3.76. The Kier molecular flexibility index (Phi) is 7.36. The van der Waals surface area contributed by atoms with E-state index in [4.69, 9.17) is 14.2 Å². The molecule has 1 N–H and O–H groups in total. The minimum Gasteiger partial charge on any atom is -0.493 e. The van der Waals surface area contributed by atoms with Gasteiger partial charge in [-0.1, -0.05) is 24.3 Å². The average molecular weight is 399 g/mol. The second-order valence-corrected chi connectivity index (χ2v) is 7.21. The molecule has 0 saturated carbocycles. The molecule has 2 aromatic rings. The first-order valence-corrected chi connectivity index (χ1v) is 10.00. The number of carbonyl (C=O) groups is 1. The Hall–Kier alpha value is -2.73. The summed E-state index contributed by atoms with van der Waals surface area (Å²) in [4.78, 5) is 14.4. The number of nitrogens with zero attached hydrogens (tertiary/aromatic N) is 1. The van der Waals surface area contributed by atoms with E-state index in [2.05, 4.69) is 4.90 Å². The molecule has 1 unspecified atom stereocenters. The van der Waals surface area contributed by atoms with Crippen molar-refractivity contribution in [2.24, 2.45) is 0 Å². The fourth-order valence-electron chi connectivity index (χ4n) is 3.74. The lowest BCUT2D eigenvalue weighted by Gasteiger charge is -2.19.